The van der Waals surface area contributed by atoms with Crippen LogP contribution in [0.25, 0.3) is 22.3 Å². The van der Waals surface area contributed by atoms with Crippen LogP contribution in [-0.2, 0) is 9.47 Å². The molecular formula is C24H23F5O2S. The van der Waals surface area contributed by atoms with E-state index in [9.17, 15) is 22.0 Å². The van der Waals surface area contributed by atoms with Gasteiger partial charge in [0.15, 0.2) is 23.7 Å². The lowest BCUT2D eigenvalue weighted by Gasteiger charge is -2.27. The minimum absolute atomic E-state index is 0. The van der Waals surface area contributed by atoms with Crippen LogP contribution in [0.5, 0.6) is 0 Å². The van der Waals surface area contributed by atoms with Gasteiger partial charge < -0.3 is 9.47 Å². The summed E-state index contributed by atoms with van der Waals surface area (Å²) >= 11 is 4.24. The van der Waals surface area contributed by atoms with Crippen molar-refractivity contribution < 1.29 is 31.4 Å². The van der Waals surface area contributed by atoms with Crippen LogP contribution in [0.2, 0.25) is 0 Å². The number of hydrogen-bond donors (Lipinski definition) is 1. The molecule has 0 spiro atoms. The molecule has 8 heteroatoms. The quantitative estimate of drug-likeness (QED) is 0.245. The average molecular weight is 471 g/mol. The summed E-state index contributed by atoms with van der Waals surface area (Å²) in [6, 6.07) is 9.44. The fourth-order valence-corrected chi connectivity index (χ4v) is 3.40. The Kier molecular flexibility index (Phi) is 8.45. The van der Waals surface area contributed by atoms with E-state index >= 15 is 0 Å². The molecule has 1 aliphatic rings. The van der Waals surface area contributed by atoms with E-state index in [0.29, 0.717) is 30.9 Å². The summed E-state index contributed by atoms with van der Waals surface area (Å²) in [7, 11) is 0. The standard InChI is InChI=1S/C22H15F5O2S.2CH4/c23-17-5-11(1-3-16(17)13-7-19(25)21(27)20(26)8-13)15-4-2-12(6-18(15)24)22-28-9-14(30)10-29-22;;/h1-8,14,22,30H,9-10H2;2*1H4. The monoisotopic (exact) mass is 470 g/mol. The van der Waals surface area contributed by atoms with Gasteiger partial charge in [-0.15, -0.1) is 0 Å². The summed E-state index contributed by atoms with van der Waals surface area (Å²) in [4.78, 5) is 0. The molecule has 3 aromatic carbocycles. The zero-order valence-corrected chi connectivity index (χ0v) is 16.2. The Hall–Kier alpha value is -2.42. The molecule has 172 valence electrons. The van der Waals surface area contributed by atoms with Gasteiger partial charge in [-0.05, 0) is 35.4 Å². The Morgan fingerprint density at radius 1 is 0.656 bits per heavy atom. The highest BCUT2D eigenvalue weighted by Gasteiger charge is 2.22. The van der Waals surface area contributed by atoms with Crippen molar-refractivity contribution in [1.82, 2.24) is 0 Å². The first kappa shape index (κ1) is 25.8. The van der Waals surface area contributed by atoms with E-state index in [1.54, 1.807) is 6.07 Å². The molecule has 0 N–H and O–H groups in total. The molecule has 4 rings (SSSR count). The molecule has 0 atom stereocenters. The van der Waals surface area contributed by atoms with Crippen molar-refractivity contribution in [2.45, 2.75) is 26.4 Å². The van der Waals surface area contributed by atoms with Crippen molar-refractivity contribution in [1.29, 1.82) is 0 Å². The van der Waals surface area contributed by atoms with Crippen LogP contribution < -0.4 is 0 Å². The number of halogens is 5. The van der Waals surface area contributed by atoms with E-state index in [0.717, 1.165) is 6.07 Å². The van der Waals surface area contributed by atoms with Gasteiger partial charge in [0.2, 0.25) is 0 Å². The number of hydrogen-bond acceptors (Lipinski definition) is 3. The normalized spacial score (nSPS) is 17.9. The van der Waals surface area contributed by atoms with Crippen molar-refractivity contribution in [3.8, 4) is 22.3 Å². The molecule has 3 aromatic rings. The summed E-state index contributed by atoms with van der Waals surface area (Å²) < 4.78 is 80.3. The molecule has 32 heavy (non-hydrogen) atoms. The second-order valence-corrected chi connectivity index (χ2v) is 7.57. The van der Waals surface area contributed by atoms with E-state index in [2.05, 4.69) is 12.6 Å². The first-order chi connectivity index (χ1) is 14.3. The molecule has 1 fully saturated rings. The maximum Gasteiger partial charge on any atom is 0.194 e. The second-order valence-electron chi connectivity index (χ2n) is 6.84. The van der Waals surface area contributed by atoms with Crippen molar-refractivity contribution >= 4 is 12.6 Å². The third-order valence-electron chi connectivity index (χ3n) is 4.72. The number of ether oxygens (including phenoxy) is 2. The van der Waals surface area contributed by atoms with Crippen LogP contribution in [0.3, 0.4) is 0 Å². The molecule has 2 nitrogen and oxygen atoms in total. The van der Waals surface area contributed by atoms with E-state index < -0.39 is 35.4 Å². The molecule has 0 saturated carbocycles. The fourth-order valence-electron chi connectivity index (χ4n) is 3.23. The van der Waals surface area contributed by atoms with Gasteiger partial charge in [0.05, 0.1) is 13.2 Å². The van der Waals surface area contributed by atoms with Gasteiger partial charge >= 0.3 is 0 Å². The highest BCUT2D eigenvalue weighted by molar-refractivity contribution is 7.81. The minimum atomic E-state index is -1.63. The first-order valence-corrected chi connectivity index (χ1v) is 9.50. The topological polar surface area (TPSA) is 18.5 Å². The number of benzene rings is 3. The van der Waals surface area contributed by atoms with E-state index in [1.807, 2.05) is 0 Å². The lowest BCUT2D eigenvalue weighted by molar-refractivity contribution is -0.179. The molecule has 1 heterocycles. The Labute approximate surface area is 189 Å². The second kappa shape index (κ2) is 10.5. The van der Waals surface area contributed by atoms with Gasteiger partial charge in [0, 0.05) is 21.9 Å². The Morgan fingerprint density at radius 2 is 1.16 bits per heavy atom. The maximum atomic E-state index is 14.7. The molecule has 1 saturated heterocycles. The molecule has 0 unspecified atom stereocenters. The first-order valence-electron chi connectivity index (χ1n) is 8.99. The zero-order chi connectivity index (χ0) is 21.4. The molecule has 1 aliphatic heterocycles. The van der Waals surface area contributed by atoms with Gasteiger partial charge in [0.1, 0.15) is 11.6 Å². The fraction of sp³-hybridized carbons (Fsp3) is 0.250. The van der Waals surface area contributed by atoms with Gasteiger partial charge in [-0.2, -0.15) is 12.6 Å². The van der Waals surface area contributed by atoms with Crippen LogP contribution >= 0.6 is 12.6 Å². The van der Waals surface area contributed by atoms with E-state index in [4.69, 9.17) is 9.47 Å². The van der Waals surface area contributed by atoms with Gasteiger partial charge in [-0.1, -0.05) is 39.1 Å². The Balaban J connectivity index is 0.00000181. The summed E-state index contributed by atoms with van der Waals surface area (Å²) in [5, 5.41) is -0.0464. The van der Waals surface area contributed by atoms with E-state index in [-0.39, 0.29) is 42.4 Å². The van der Waals surface area contributed by atoms with Gasteiger partial charge in [-0.25, -0.2) is 22.0 Å². The Bertz CT molecular complexity index is 1070. The third-order valence-corrected chi connectivity index (χ3v) is 5.02. The number of thiol groups is 1. The molecule has 0 bridgehead atoms. The molecular weight excluding hydrogens is 447 g/mol. The predicted molar refractivity (Wildman–Crippen MR) is 118 cm³/mol. The van der Waals surface area contributed by atoms with Gasteiger partial charge in [-0.3, -0.25) is 0 Å². The summed E-state index contributed by atoms with van der Waals surface area (Å²) in [6.07, 6.45) is -0.709. The SMILES string of the molecule is C.C.Fc1cc(-c2ccc(C3OCC(S)CO3)cc2F)ccc1-c1cc(F)c(F)c(F)c1. The van der Waals surface area contributed by atoms with Crippen LogP contribution in [0.15, 0.2) is 48.5 Å². The summed E-state index contributed by atoms with van der Waals surface area (Å²) in [6.45, 7) is 0.739. The Morgan fingerprint density at radius 3 is 1.72 bits per heavy atom. The molecule has 0 radical (unpaired) electrons. The lowest BCUT2D eigenvalue weighted by atomic mass is 9.98. The molecule has 0 aliphatic carbocycles. The van der Waals surface area contributed by atoms with Crippen LogP contribution in [-0.4, -0.2) is 18.5 Å². The van der Waals surface area contributed by atoms with Crippen molar-refractivity contribution in [3.05, 3.63) is 83.2 Å². The smallest absolute Gasteiger partial charge is 0.194 e. The van der Waals surface area contributed by atoms with Crippen LogP contribution in [0, 0.1) is 29.1 Å². The average Bonchev–Trinajstić information content (AvgIpc) is 2.72. The van der Waals surface area contributed by atoms with Gasteiger partial charge in [0.25, 0.3) is 0 Å². The highest BCUT2D eigenvalue weighted by atomic mass is 32.1. The van der Waals surface area contributed by atoms with Crippen molar-refractivity contribution in [2.24, 2.45) is 0 Å². The summed E-state index contributed by atoms with van der Waals surface area (Å²) in [5.74, 6) is -5.93. The van der Waals surface area contributed by atoms with E-state index in [1.165, 1.54) is 24.3 Å². The van der Waals surface area contributed by atoms with Crippen LogP contribution in [0.1, 0.15) is 26.7 Å². The largest absolute Gasteiger partial charge is 0.347 e. The summed E-state index contributed by atoms with van der Waals surface area (Å²) in [5.41, 5.74) is 0.526. The lowest BCUT2D eigenvalue weighted by Crippen LogP contribution is -2.27. The molecule has 0 aromatic heterocycles. The maximum absolute atomic E-state index is 14.7. The number of rotatable bonds is 3. The molecule has 0 amide bonds. The zero-order valence-electron chi connectivity index (χ0n) is 15.3. The minimum Gasteiger partial charge on any atom is -0.347 e. The highest BCUT2D eigenvalue weighted by Crippen LogP contribution is 2.33. The predicted octanol–water partition coefficient (Wildman–Crippen LogP) is 7.33. The van der Waals surface area contributed by atoms with Crippen LogP contribution in [0.4, 0.5) is 22.0 Å². The third kappa shape index (κ3) is 5.14. The van der Waals surface area contributed by atoms with Crippen molar-refractivity contribution in [3.63, 3.8) is 0 Å². The van der Waals surface area contributed by atoms with Crippen molar-refractivity contribution in [2.75, 3.05) is 13.2 Å².